The molecule has 0 bridgehead atoms. The zero-order valence-electron chi connectivity index (χ0n) is 10.1. The molecule has 1 atom stereocenters. The minimum absolute atomic E-state index is 0.182. The van der Waals surface area contributed by atoms with Crippen LogP contribution in [0.1, 0.15) is 27.2 Å². The first-order chi connectivity index (χ1) is 7.32. The van der Waals surface area contributed by atoms with Crippen molar-refractivity contribution in [1.82, 2.24) is 10.2 Å². The van der Waals surface area contributed by atoms with Crippen molar-refractivity contribution in [2.45, 2.75) is 32.7 Å². The van der Waals surface area contributed by atoms with Crippen LogP contribution in [0.5, 0.6) is 0 Å². The predicted molar refractivity (Wildman–Crippen MR) is 70.3 cm³/mol. The van der Waals surface area contributed by atoms with E-state index in [0.29, 0.717) is 11.5 Å². The van der Waals surface area contributed by atoms with Gasteiger partial charge in [-0.05, 0) is 39.4 Å². The number of hydrogen-bond acceptors (Lipinski definition) is 3. The molecule has 0 spiro atoms. The normalized spacial score (nSPS) is 27.7. The van der Waals surface area contributed by atoms with E-state index >= 15 is 0 Å². The highest BCUT2D eigenvalue weighted by Gasteiger charge is 2.39. The number of rotatable bonds is 3. The van der Waals surface area contributed by atoms with Crippen molar-refractivity contribution in [3.8, 4) is 0 Å². The second kappa shape index (κ2) is 4.87. The van der Waals surface area contributed by atoms with Crippen molar-refractivity contribution in [2.75, 3.05) is 24.6 Å². The molecule has 1 fully saturated rings. The van der Waals surface area contributed by atoms with E-state index in [0.717, 1.165) is 13.1 Å². The van der Waals surface area contributed by atoms with E-state index in [2.05, 4.69) is 5.32 Å². The Morgan fingerprint density at radius 3 is 2.38 bits per heavy atom. The van der Waals surface area contributed by atoms with E-state index in [1.165, 1.54) is 0 Å². The Labute approximate surface area is 103 Å². The molecule has 0 saturated carbocycles. The highest BCUT2D eigenvalue weighted by molar-refractivity contribution is 7.91. The Hall–Kier alpha value is -0.360. The predicted octanol–water partition coefficient (Wildman–Crippen LogP) is 0.780. The molecule has 0 radical (unpaired) electrons. The fraction of sp³-hybridized carbons (Fsp3) is 0.900. The number of hydrogen-bond donors (Lipinski definition) is 1. The van der Waals surface area contributed by atoms with Crippen molar-refractivity contribution in [1.29, 1.82) is 0 Å². The third-order valence-electron chi connectivity index (χ3n) is 2.96. The SMILES string of the molecule is CCN(CC)C(=S)NC1(C)CCS(=O)(=O)C1. The van der Waals surface area contributed by atoms with Crippen molar-refractivity contribution in [3.05, 3.63) is 0 Å². The Bertz CT molecular complexity index is 363. The Balaban J connectivity index is 2.64. The van der Waals surface area contributed by atoms with Gasteiger partial charge in [-0.15, -0.1) is 0 Å². The molecule has 0 aliphatic carbocycles. The van der Waals surface area contributed by atoms with Gasteiger partial charge in [-0.3, -0.25) is 0 Å². The minimum Gasteiger partial charge on any atom is -0.356 e. The van der Waals surface area contributed by atoms with Crippen molar-refractivity contribution in [3.63, 3.8) is 0 Å². The third kappa shape index (κ3) is 3.31. The van der Waals surface area contributed by atoms with Crippen LogP contribution in [-0.2, 0) is 9.84 Å². The maximum absolute atomic E-state index is 11.4. The smallest absolute Gasteiger partial charge is 0.169 e. The zero-order chi connectivity index (χ0) is 12.4. The molecular weight excluding hydrogens is 244 g/mol. The molecule has 4 nitrogen and oxygen atoms in total. The van der Waals surface area contributed by atoms with Gasteiger partial charge in [-0.2, -0.15) is 0 Å². The first-order valence-corrected chi connectivity index (χ1v) is 7.82. The maximum atomic E-state index is 11.4. The first-order valence-electron chi connectivity index (χ1n) is 5.59. The molecule has 1 N–H and O–H groups in total. The number of sulfone groups is 1. The lowest BCUT2D eigenvalue weighted by atomic mass is 10.0. The first kappa shape index (κ1) is 13.7. The molecule has 1 unspecified atom stereocenters. The maximum Gasteiger partial charge on any atom is 0.169 e. The zero-order valence-corrected chi connectivity index (χ0v) is 11.7. The van der Waals surface area contributed by atoms with Gasteiger partial charge < -0.3 is 10.2 Å². The van der Waals surface area contributed by atoms with Gasteiger partial charge in [-0.1, -0.05) is 0 Å². The van der Waals surface area contributed by atoms with Crippen LogP contribution in [0.25, 0.3) is 0 Å². The average Bonchev–Trinajstić information content (AvgIpc) is 2.42. The minimum atomic E-state index is -2.88. The highest BCUT2D eigenvalue weighted by atomic mass is 32.2. The van der Waals surface area contributed by atoms with Crippen LogP contribution in [0.3, 0.4) is 0 Å². The van der Waals surface area contributed by atoms with E-state index in [4.69, 9.17) is 12.2 Å². The average molecular weight is 264 g/mol. The van der Waals surface area contributed by atoms with Gasteiger partial charge in [0.25, 0.3) is 0 Å². The molecule has 1 aliphatic heterocycles. The molecule has 0 amide bonds. The summed E-state index contributed by atoms with van der Waals surface area (Å²) in [4.78, 5) is 2.02. The molecular formula is C10H20N2O2S2. The van der Waals surface area contributed by atoms with Crippen LogP contribution < -0.4 is 5.32 Å². The van der Waals surface area contributed by atoms with Gasteiger partial charge in [-0.25, -0.2) is 8.42 Å². The largest absolute Gasteiger partial charge is 0.356 e. The van der Waals surface area contributed by atoms with E-state index in [9.17, 15) is 8.42 Å². The van der Waals surface area contributed by atoms with Crippen LogP contribution >= 0.6 is 12.2 Å². The Morgan fingerprint density at radius 2 is 2.00 bits per heavy atom. The third-order valence-corrected chi connectivity index (χ3v) is 5.23. The van der Waals surface area contributed by atoms with Crippen LogP contribution in [0.2, 0.25) is 0 Å². The topological polar surface area (TPSA) is 49.4 Å². The van der Waals surface area contributed by atoms with E-state index < -0.39 is 15.4 Å². The second-order valence-corrected chi connectivity index (χ2v) is 7.08. The molecule has 1 aliphatic rings. The lowest BCUT2D eigenvalue weighted by Crippen LogP contribution is -2.52. The summed E-state index contributed by atoms with van der Waals surface area (Å²) < 4.78 is 22.9. The Morgan fingerprint density at radius 1 is 1.44 bits per heavy atom. The van der Waals surface area contributed by atoms with Gasteiger partial charge in [0.2, 0.25) is 0 Å². The molecule has 1 heterocycles. The molecule has 6 heteroatoms. The molecule has 0 aromatic heterocycles. The van der Waals surface area contributed by atoms with Crippen molar-refractivity contribution >= 4 is 27.2 Å². The van der Waals surface area contributed by atoms with Gasteiger partial charge in [0.05, 0.1) is 17.0 Å². The summed E-state index contributed by atoms with van der Waals surface area (Å²) in [6, 6.07) is 0. The van der Waals surface area contributed by atoms with Crippen LogP contribution in [0.15, 0.2) is 0 Å². The molecule has 0 aromatic carbocycles. The van der Waals surface area contributed by atoms with E-state index in [1.54, 1.807) is 0 Å². The van der Waals surface area contributed by atoms with Gasteiger partial charge >= 0.3 is 0 Å². The van der Waals surface area contributed by atoms with Crippen molar-refractivity contribution < 1.29 is 8.42 Å². The summed E-state index contributed by atoms with van der Waals surface area (Å²) in [5, 5.41) is 3.85. The summed E-state index contributed by atoms with van der Waals surface area (Å²) in [6.07, 6.45) is 0.636. The lowest BCUT2D eigenvalue weighted by molar-refractivity contribution is 0.405. The quantitative estimate of drug-likeness (QED) is 0.763. The summed E-state index contributed by atoms with van der Waals surface area (Å²) >= 11 is 5.28. The summed E-state index contributed by atoms with van der Waals surface area (Å²) in [5.74, 6) is 0.443. The van der Waals surface area contributed by atoms with E-state index in [-0.39, 0.29) is 11.5 Å². The summed E-state index contributed by atoms with van der Waals surface area (Å²) in [5.41, 5.74) is -0.390. The molecule has 16 heavy (non-hydrogen) atoms. The molecule has 94 valence electrons. The summed E-state index contributed by atoms with van der Waals surface area (Å²) in [6.45, 7) is 7.67. The molecule has 0 aromatic rings. The van der Waals surface area contributed by atoms with Crippen LogP contribution in [0.4, 0.5) is 0 Å². The number of thiocarbonyl (C=S) groups is 1. The highest BCUT2D eigenvalue weighted by Crippen LogP contribution is 2.23. The fourth-order valence-corrected chi connectivity index (χ4v) is 4.55. The molecule has 1 saturated heterocycles. The number of nitrogens with zero attached hydrogens (tertiary/aromatic N) is 1. The van der Waals surface area contributed by atoms with Crippen LogP contribution in [-0.4, -0.2) is 48.6 Å². The standard InChI is InChI=1S/C10H20N2O2S2/c1-4-12(5-2)9(15)11-10(3)6-7-16(13,14)8-10/h4-8H2,1-3H3,(H,11,15). The van der Waals surface area contributed by atoms with E-state index in [1.807, 2.05) is 25.7 Å². The van der Waals surface area contributed by atoms with Gasteiger partial charge in [0.15, 0.2) is 14.9 Å². The number of nitrogens with one attached hydrogen (secondary N) is 1. The lowest BCUT2D eigenvalue weighted by Gasteiger charge is -2.31. The van der Waals surface area contributed by atoms with Gasteiger partial charge in [0.1, 0.15) is 0 Å². The Kier molecular flexibility index (Phi) is 4.17. The molecule has 1 rings (SSSR count). The van der Waals surface area contributed by atoms with Crippen molar-refractivity contribution in [2.24, 2.45) is 0 Å². The van der Waals surface area contributed by atoms with Gasteiger partial charge in [0, 0.05) is 13.1 Å². The summed E-state index contributed by atoms with van der Waals surface area (Å²) in [7, 11) is -2.88. The fourth-order valence-electron chi connectivity index (χ4n) is 1.96. The monoisotopic (exact) mass is 264 g/mol. The van der Waals surface area contributed by atoms with Crippen LogP contribution in [0, 0.1) is 0 Å². The second-order valence-electron chi connectivity index (χ2n) is 4.51.